The number of carbonyl (C=O) groups excluding carboxylic acids is 1. The van der Waals surface area contributed by atoms with Gasteiger partial charge in [0, 0.05) is 11.3 Å². The Morgan fingerprint density at radius 1 is 1.26 bits per heavy atom. The van der Waals surface area contributed by atoms with E-state index in [1.165, 1.54) is 6.08 Å². The van der Waals surface area contributed by atoms with Gasteiger partial charge in [0.2, 0.25) is 0 Å². The third-order valence-electron chi connectivity index (χ3n) is 7.46. The monoisotopic (exact) mass is 318 g/mol. The highest BCUT2D eigenvalue weighted by Gasteiger charge is 2.61. The molecule has 0 aromatic rings. The molecule has 2 unspecified atom stereocenters. The largest absolute Gasteiger partial charge is 0.393 e. The number of allylic oxidation sites excluding steroid dienone is 4. The average Bonchev–Trinajstić information content (AvgIpc) is 2.74. The summed E-state index contributed by atoms with van der Waals surface area (Å²) in [5.74, 6) is 1.27. The fourth-order valence-electron chi connectivity index (χ4n) is 6.78. The van der Waals surface area contributed by atoms with Crippen LogP contribution in [0.2, 0.25) is 0 Å². The van der Waals surface area contributed by atoms with Gasteiger partial charge in [0.05, 0.1) is 6.10 Å². The molecule has 0 aliphatic heterocycles. The fraction of sp³-hybridized carbons (Fsp3) is 0.750. The fourth-order valence-corrected chi connectivity index (χ4v) is 6.78. The van der Waals surface area contributed by atoms with Crippen LogP contribution in [0.25, 0.3) is 0 Å². The Hall–Kier alpha value is -0.960. The van der Waals surface area contributed by atoms with Gasteiger partial charge in [-0.2, -0.15) is 0 Å². The molecule has 0 bridgehead atoms. The lowest BCUT2D eigenvalue weighted by Crippen LogP contribution is -2.56. The van der Waals surface area contributed by atoms with Gasteiger partial charge in [-0.3, -0.25) is 4.79 Å². The summed E-state index contributed by atoms with van der Waals surface area (Å²) in [6.45, 7) is 6.60. The summed E-state index contributed by atoms with van der Waals surface area (Å²) in [5, 5.41) is 11.0. The van der Waals surface area contributed by atoms with Crippen molar-refractivity contribution in [3.05, 3.63) is 23.8 Å². The molecule has 4 rings (SSSR count). The van der Waals surface area contributed by atoms with E-state index in [1.807, 2.05) is 13.0 Å². The van der Waals surface area contributed by atoms with Crippen LogP contribution in [0.3, 0.4) is 0 Å². The molecular formula is C20H27FO2. The number of hydrogen-bond acceptors (Lipinski definition) is 2. The van der Waals surface area contributed by atoms with Crippen molar-refractivity contribution in [1.29, 1.82) is 0 Å². The second-order valence-electron chi connectivity index (χ2n) is 9.09. The first-order valence-electron chi connectivity index (χ1n) is 9.02. The first-order chi connectivity index (χ1) is 10.7. The Bertz CT molecular complexity index is 609. The summed E-state index contributed by atoms with van der Waals surface area (Å²) in [7, 11) is 0. The first kappa shape index (κ1) is 15.6. The number of ketones is 1. The molecule has 3 fully saturated rings. The number of hydrogen-bond donors (Lipinski definition) is 1. The number of aliphatic hydroxyl groups excluding tert-OH is 1. The molecule has 1 N–H and O–H groups in total. The zero-order valence-corrected chi connectivity index (χ0v) is 14.3. The van der Waals surface area contributed by atoms with Crippen molar-refractivity contribution >= 4 is 5.78 Å². The van der Waals surface area contributed by atoms with E-state index in [9.17, 15) is 14.3 Å². The number of fused-ring (bicyclic) bond motifs is 5. The molecule has 0 amide bonds. The molecule has 4 aliphatic carbocycles. The van der Waals surface area contributed by atoms with E-state index in [4.69, 9.17) is 0 Å². The number of carbonyl (C=O) groups is 1. The van der Waals surface area contributed by atoms with Crippen molar-refractivity contribution in [3.63, 3.8) is 0 Å². The predicted molar refractivity (Wildman–Crippen MR) is 87.4 cm³/mol. The minimum atomic E-state index is -1.05. The standard InChI is InChI=1S/C20H27FO2/c1-11-6-14-13-8-16(21)15-7-12(22)4-5-20(15,3)18(13)17(23)10-19(14,2)9-11/h4-5,7,11,13-14,16-18,23H,6,8-10H2,1-3H3/t11-,13+,14?,16+,17+,18?,19+,20+/m1/s1. The van der Waals surface area contributed by atoms with Crippen LogP contribution in [0.15, 0.2) is 23.8 Å². The number of aliphatic hydroxyl groups is 1. The van der Waals surface area contributed by atoms with E-state index in [-0.39, 0.29) is 23.0 Å². The molecule has 23 heavy (non-hydrogen) atoms. The lowest BCUT2D eigenvalue weighted by Gasteiger charge is -2.58. The van der Waals surface area contributed by atoms with Crippen molar-refractivity contribution in [2.24, 2.45) is 34.5 Å². The Morgan fingerprint density at radius 2 is 2.00 bits per heavy atom. The Labute approximate surface area is 137 Å². The van der Waals surface area contributed by atoms with Gasteiger partial charge in [-0.05, 0) is 66.6 Å². The summed E-state index contributed by atoms with van der Waals surface area (Å²) in [4.78, 5) is 11.7. The van der Waals surface area contributed by atoms with Gasteiger partial charge in [0.25, 0.3) is 0 Å². The van der Waals surface area contributed by atoms with Gasteiger partial charge >= 0.3 is 0 Å². The normalized spacial score (nSPS) is 55.0. The second kappa shape index (κ2) is 4.78. The molecule has 0 aromatic heterocycles. The van der Waals surface area contributed by atoms with Crippen LogP contribution in [0.4, 0.5) is 4.39 Å². The predicted octanol–water partition coefficient (Wildman–Crippen LogP) is 3.85. The number of halogens is 1. The Kier molecular flexibility index (Phi) is 3.23. The summed E-state index contributed by atoms with van der Waals surface area (Å²) < 4.78 is 15.0. The maximum atomic E-state index is 15.0. The molecule has 0 saturated heterocycles. The molecule has 126 valence electrons. The van der Waals surface area contributed by atoms with E-state index in [0.717, 1.165) is 19.3 Å². The number of rotatable bonds is 0. The van der Waals surface area contributed by atoms with Crippen molar-refractivity contribution in [1.82, 2.24) is 0 Å². The zero-order valence-electron chi connectivity index (χ0n) is 14.3. The average molecular weight is 318 g/mol. The SMILES string of the molecule is C[C@@H]1CC2[C@@H]3C[C@H](F)C4=CC(=O)C=C[C@]4(C)C3[C@@H](O)C[C@]2(C)C1. The van der Waals surface area contributed by atoms with Crippen LogP contribution in [-0.4, -0.2) is 23.2 Å². The minimum absolute atomic E-state index is 0.0356. The van der Waals surface area contributed by atoms with Gasteiger partial charge in [-0.1, -0.05) is 26.8 Å². The van der Waals surface area contributed by atoms with Gasteiger partial charge in [-0.25, -0.2) is 4.39 Å². The molecule has 0 aromatic carbocycles. The van der Waals surface area contributed by atoms with Crippen LogP contribution >= 0.6 is 0 Å². The molecule has 0 radical (unpaired) electrons. The van der Waals surface area contributed by atoms with E-state index < -0.39 is 17.7 Å². The van der Waals surface area contributed by atoms with Crippen LogP contribution in [-0.2, 0) is 4.79 Å². The molecule has 8 atom stereocenters. The van der Waals surface area contributed by atoms with Crippen LogP contribution in [0.5, 0.6) is 0 Å². The zero-order chi connectivity index (χ0) is 16.6. The summed E-state index contributed by atoms with van der Waals surface area (Å²) in [6, 6.07) is 0. The summed E-state index contributed by atoms with van der Waals surface area (Å²) in [6.07, 6.45) is 7.03. The number of alkyl halides is 1. The molecule has 2 nitrogen and oxygen atoms in total. The van der Waals surface area contributed by atoms with Crippen LogP contribution < -0.4 is 0 Å². The third kappa shape index (κ3) is 2.05. The highest BCUT2D eigenvalue weighted by molar-refractivity contribution is 6.01. The van der Waals surface area contributed by atoms with E-state index >= 15 is 0 Å². The highest BCUT2D eigenvalue weighted by atomic mass is 19.1. The quantitative estimate of drug-likeness (QED) is 0.736. The maximum absolute atomic E-state index is 15.0. The topological polar surface area (TPSA) is 37.3 Å². The summed E-state index contributed by atoms with van der Waals surface area (Å²) in [5.41, 5.74) is 0.230. The van der Waals surface area contributed by atoms with E-state index in [0.29, 0.717) is 23.8 Å². The van der Waals surface area contributed by atoms with Crippen molar-refractivity contribution in [3.8, 4) is 0 Å². The van der Waals surface area contributed by atoms with Crippen molar-refractivity contribution in [2.75, 3.05) is 0 Å². The van der Waals surface area contributed by atoms with Crippen LogP contribution in [0, 0.1) is 34.5 Å². The highest BCUT2D eigenvalue weighted by Crippen LogP contribution is 2.65. The molecule has 0 spiro atoms. The summed E-state index contributed by atoms with van der Waals surface area (Å²) >= 11 is 0. The van der Waals surface area contributed by atoms with E-state index in [2.05, 4.69) is 13.8 Å². The van der Waals surface area contributed by atoms with Crippen LogP contribution in [0.1, 0.15) is 46.5 Å². The molecule has 4 aliphatic rings. The van der Waals surface area contributed by atoms with Gasteiger partial charge in [0.1, 0.15) is 6.17 Å². The lowest BCUT2D eigenvalue weighted by atomic mass is 9.47. The third-order valence-corrected chi connectivity index (χ3v) is 7.46. The molecular weight excluding hydrogens is 291 g/mol. The smallest absolute Gasteiger partial charge is 0.178 e. The minimum Gasteiger partial charge on any atom is -0.393 e. The van der Waals surface area contributed by atoms with Gasteiger partial charge in [-0.15, -0.1) is 0 Å². The Morgan fingerprint density at radius 3 is 2.74 bits per heavy atom. The lowest BCUT2D eigenvalue weighted by molar-refractivity contribution is -0.118. The second-order valence-corrected chi connectivity index (χ2v) is 9.09. The molecule has 3 heteroatoms. The first-order valence-corrected chi connectivity index (χ1v) is 9.02. The van der Waals surface area contributed by atoms with Crippen molar-refractivity contribution in [2.45, 2.75) is 58.7 Å². The van der Waals surface area contributed by atoms with Gasteiger partial charge in [0.15, 0.2) is 5.78 Å². The molecule has 3 saturated carbocycles. The Balaban J connectivity index is 1.79. The maximum Gasteiger partial charge on any atom is 0.178 e. The van der Waals surface area contributed by atoms with E-state index in [1.54, 1.807) is 6.08 Å². The van der Waals surface area contributed by atoms with Gasteiger partial charge < -0.3 is 5.11 Å². The van der Waals surface area contributed by atoms with Crippen molar-refractivity contribution < 1.29 is 14.3 Å². The molecule has 0 heterocycles.